The van der Waals surface area contributed by atoms with Gasteiger partial charge >= 0.3 is 0 Å². The minimum atomic E-state index is -0.253. The minimum absolute atomic E-state index is 0.253. The third-order valence-electron chi connectivity index (χ3n) is 3.74. The summed E-state index contributed by atoms with van der Waals surface area (Å²) in [7, 11) is 0. The van der Waals surface area contributed by atoms with E-state index in [1.165, 1.54) is 12.1 Å². The molecule has 0 amide bonds. The highest BCUT2D eigenvalue weighted by Crippen LogP contribution is 2.21. The molecule has 1 aromatic heterocycles. The maximum atomic E-state index is 12.9. The highest BCUT2D eigenvalue weighted by molar-refractivity contribution is 6.35. The van der Waals surface area contributed by atoms with Crippen molar-refractivity contribution in [1.29, 1.82) is 0 Å². The Morgan fingerprint density at radius 1 is 0.962 bits per heavy atom. The van der Waals surface area contributed by atoms with Crippen molar-refractivity contribution < 1.29 is 4.39 Å². The van der Waals surface area contributed by atoms with E-state index < -0.39 is 0 Å². The summed E-state index contributed by atoms with van der Waals surface area (Å²) in [5.74, 6) is 0.965. The van der Waals surface area contributed by atoms with Crippen molar-refractivity contribution in [3.8, 4) is 0 Å². The summed E-state index contributed by atoms with van der Waals surface area (Å²) in [4.78, 5) is 8.60. The van der Waals surface area contributed by atoms with E-state index in [0.29, 0.717) is 34.9 Å². The summed E-state index contributed by atoms with van der Waals surface area (Å²) in [5, 5.41) is 7.65. The highest BCUT2D eigenvalue weighted by atomic mass is 35.5. The largest absolute Gasteiger partial charge is 0.370 e. The Hall–Kier alpha value is -2.37. The fourth-order valence-corrected chi connectivity index (χ4v) is 2.88. The van der Waals surface area contributed by atoms with Gasteiger partial charge in [0, 0.05) is 29.3 Å². The molecule has 2 aromatic carbocycles. The molecule has 0 radical (unpaired) electrons. The third-order valence-corrected chi connectivity index (χ3v) is 4.32. The van der Waals surface area contributed by atoms with Crippen molar-refractivity contribution in [3.63, 3.8) is 0 Å². The van der Waals surface area contributed by atoms with Crippen LogP contribution < -0.4 is 10.6 Å². The van der Waals surface area contributed by atoms with Gasteiger partial charge in [-0.15, -0.1) is 0 Å². The van der Waals surface area contributed by atoms with E-state index in [9.17, 15) is 4.39 Å². The van der Waals surface area contributed by atoms with Crippen LogP contribution in [-0.2, 0) is 13.0 Å². The Labute approximate surface area is 161 Å². The molecule has 0 unspecified atom stereocenters. The van der Waals surface area contributed by atoms with E-state index in [2.05, 4.69) is 20.6 Å². The monoisotopic (exact) mass is 390 g/mol. The Balaban J connectivity index is 1.52. The molecule has 0 aliphatic heterocycles. The number of nitrogens with zero attached hydrogens (tertiary/aromatic N) is 2. The van der Waals surface area contributed by atoms with Crippen LogP contribution in [0, 0.1) is 5.82 Å². The second-order valence-electron chi connectivity index (χ2n) is 5.66. The predicted octanol–water partition coefficient (Wildman–Crippen LogP) is 5.19. The van der Waals surface area contributed by atoms with E-state index in [4.69, 9.17) is 23.2 Å². The van der Waals surface area contributed by atoms with Crippen molar-refractivity contribution in [1.82, 2.24) is 9.97 Å². The molecule has 3 rings (SSSR count). The summed E-state index contributed by atoms with van der Waals surface area (Å²) in [5.41, 5.74) is 1.97. The van der Waals surface area contributed by atoms with Gasteiger partial charge in [0.2, 0.25) is 5.95 Å². The van der Waals surface area contributed by atoms with Gasteiger partial charge in [-0.3, -0.25) is 0 Å². The minimum Gasteiger partial charge on any atom is -0.370 e. The Morgan fingerprint density at radius 2 is 1.77 bits per heavy atom. The molecule has 0 saturated carbocycles. The molecule has 26 heavy (non-hydrogen) atoms. The Bertz CT molecular complexity index is 872. The Kier molecular flexibility index (Phi) is 6.26. The predicted molar refractivity (Wildman–Crippen MR) is 104 cm³/mol. The van der Waals surface area contributed by atoms with Crippen LogP contribution in [0.5, 0.6) is 0 Å². The summed E-state index contributed by atoms with van der Waals surface area (Å²) in [6.07, 6.45) is 2.43. The maximum absolute atomic E-state index is 12.9. The molecule has 1 heterocycles. The van der Waals surface area contributed by atoms with Gasteiger partial charge in [0.15, 0.2) is 0 Å². The van der Waals surface area contributed by atoms with Crippen LogP contribution in [0.4, 0.5) is 16.2 Å². The average molecular weight is 391 g/mol. The number of aromatic nitrogens is 2. The first kappa shape index (κ1) is 18.4. The van der Waals surface area contributed by atoms with E-state index in [-0.39, 0.29) is 5.82 Å². The summed E-state index contributed by atoms with van der Waals surface area (Å²) >= 11 is 12.1. The molecule has 0 aliphatic carbocycles. The standard InChI is InChI=1S/C19H17Cl2FN4/c20-15-4-3-14(17(21)11-15)7-9-23-18-8-10-24-19(26-18)25-12-13-1-5-16(22)6-2-13/h1-6,8,10-11H,7,9,12H2,(H2,23,24,25,26). The first-order valence-electron chi connectivity index (χ1n) is 8.09. The van der Waals surface area contributed by atoms with Crippen molar-refractivity contribution in [2.24, 2.45) is 0 Å². The van der Waals surface area contributed by atoms with Gasteiger partial charge in [-0.25, -0.2) is 9.37 Å². The molecule has 0 saturated heterocycles. The average Bonchev–Trinajstić information content (AvgIpc) is 2.63. The Morgan fingerprint density at radius 3 is 2.54 bits per heavy atom. The van der Waals surface area contributed by atoms with Crippen LogP contribution in [0.15, 0.2) is 54.7 Å². The number of hydrogen-bond donors (Lipinski definition) is 2. The van der Waals surface area contributed by atoms with E-state index in [1.54, 1.807) is 30.5 Å². The van der Waals surface area contributed by atoms with Crippen LogP contribution in [0.3, 0.4) is 0 Å². The fourth-order valence-electron chi connectivity index (χ4n) is 2.38. The first-order valence-corrected chi connectivity index (χ1v) is 8.85. The topological polar surface area (TPSA) is 49.8 Å². The second kappa shape index (κ2) is 8.83. The van der Waals surface area contributed by atoms with Gasteiger partial charge in [-0.2, -0.15) is 4.98 Å². The van der Waals surface area contributed by atoms with Crippen LogP contribution in [0.1, 0.15) is 11.1 Å². The quantitative estimate of drug-likeness (QED) is 0.582. The second-order valence-corrected chi connectivity index (χ2v) is 6.50. The number of hydrogen-bond acceptors (Lipinski definition) is 4. The van der Waals surface area contributed by atoms with E-state index in [0.717, 1.165) is 17.5 Å². The normalized spacial score (nSPS) is 10.6. The number of halogens is 3. The molecule has 2 N–H and O–H groups in total. The lowest BCUT2D eigenvalue weighted by Crippen LogP contribution is -2.09. The van der Waals surface area contributed by atoms with Crippen LogP contribution >= 0.6 is 23.2 Å². The van der Waals surface area contributed by atoms with Gasteiger partial charge < -0.3 is 10.6 Å². The van der Waals surface area contributed by atoms with Gasteiger partial charge in [-0.05, 0) is 47.9 Å². The molecular weight excluding hydrogens is 374 g/mol. The summed E-state index contributed by atoms with van der Waals surface area (Å²) in [6.45, 7) is 1.19. The van der Waals surface area contributed by atoms with Crippen LogP contribution in [-0.4, -0.2) is 16.5 Å². The molecule has 0 fully saturated rings. The van der Waals surface area contributed by atoms with Gasteiger partial charge in [0.05, 0.1) is 0 Å². The summed E-state index contributed by atoms with van der Waals surface area (Å²) in [6, 6.07) is 13.6. The lowest BCUT2D eigenvalue weighted by Gasteiger charge is -2.09. The zero-order valence-corrected chi connectivity index (χ0v) is 15.4. The molecule has 7 heteroatoms. The van der Waals surface area contributed by atoms with E-state index >= 15 is 0 Å². The van der Waals surface area contributed by atoms with Crippen molar-refractivity contribution in [3.05, 3.63) is 81.7 Å². The molecule has 4 nitrogen and oxygen atoms in total. The van der Waals surface area contributed by atoms with E-state index in [1.807, 2.05) is 12.1 Å². The highest BCUT2D eigenvalue weighted by Gasteiger charge is 2.03. The van der Waals surface area contributed by atoms with Gasteiger partial charge in [-0.1, -0.05) is 41.4 Å². The number of benzene rings is 2. The molecule has 0 spiro atoms. The molecule has 0 atom stereocenters. The van der Waals surface area contributed by atoms with Gasteiger partial charge in [0.1, 0.15) is 11.6 Å². The fraction of sp³-hybridized carbons (Fsp3) is 0.158. The van der Waals surface area contributed by atoms with Crippen LogP contribution in [0.25, 0.3) is 0 Å². The van der Waals surface area contributed by atoms with Crippen molar-refractivity contribution >= 4 is 35.0 Å². The smallest absolute Gasteiger partial charge is 0.224 e. The van der Waals surface area contributed by atoms with Crippen molar-refractivity contribution in [2.75, 3.05) is 17.2 Å². The molecule has 0 aliphatic rings. The summed E-state index contributed by atoms with van der Waals surface area (Å²) < 4.78 is 12.9. The number of anilines is 2. The van der Waals surface area contributed by atoms with Crippen LogP contribution in [0.2, 0.25) is 10.0 Å². The molecule has 3 aromatic rings. The maximum Gasteiger partial charge on any atom is 0.224 e. The lowest BCUT2D eigenvalue weighted by atomic mass is 10.1. The lowest BCUT2D eigenvalue weighted by molar-refractivity contribution is 0.627. The zero-order valence-electron chi connectivity index (χ0n) is 13.8. The number of nitrogens with one attached hydrogen (secondary N) is 2. The molecular formula is C19H17Cl2FN4. The SMILES string of the molecule is Fc1ccc(CNc2nccc(NCCc3ccc(Cl)cc3Cl)n2)cc1. The third kappa shape index (κ3) is 5.31. The molecule has 0 bridgehead atoms. The van der Waals surface area contributed by atoms with Gasteiger partial charge in [0.25, 0.3) is 0 Å². The molecule has 134 valence electrons. The van der Waals surface area contributed by atoms with Crippen molar-refractivity contribution in [2.45, 2.75) is 13.0 Å². The number of rotatable bonds is 7. The first-order chi connectivity index (χ1) is 12.6. The zero-order chi connectivity index (χ0) is 18.4.